The number of nitro groups is 1. The van der Waals surface area contributed by atoms with Gasteiger partial charge < -0.3 is 10.1 Å². The van der Waals surface area contributed by atoms with Gasteiger partial charge in [-0.3, -0.25) is 14.9 Å². The highest BCUT2D eigenvalue weighted by Gasteiger charge is 2.15. The number of nitrogens with one attached hydrogen (secondary N) is 1. The van der Waals surface area contributed by atoms with Crippen LogP contribution in [0, 0.1) is 10.1 Å². The molecule has 1 N–H and O–H groups in total. The van der Waals surface area contributed by atoms with Crippen LogP contribution in [-0.4, -0.2) is 17.4 Å². The number of carbonyl (C=O) groups excluding carboxylic acids is 1. The molecule has 0 bridgehead atoms. The number of rotatable bonds is 6. The lowest BCUT2D eigenvalue weighted by Crippen LogP contribution is -2.05. The van der Waals surface area contributed by atoms with E-state index in [2.05, 4.69) is 5.32 Å². The van der Waals surface area contributed by atoms with Gasteiger partial charge >= 0.3 is 5.69 Å². The summed E-state index contributed by atoms with van der Waals surface area (Å²) in [5.41, 5.74) is 0.678. The van der Waals surface area contributed by atoms with Crippen LogP contribution in [0.2, 0.25) is 0 Å². The summed E-state index contributed by atoms with van der Waals surface area (Å²) in [4.78, 5) is 23.3. The smallest absolute Gasteiger partial charge is 0.310 e. The van der Waals surface area contributed by atoms with Gasteiger partial charge in [-0.1, -0.05) is 11.8 Å². The first kappa shape index (κ1) is 16.8. The van der Waals surface area contributed by atoms with E-state index in [1.165, 1.54) is 24.8 Å². The lowest BCUT2D eigenvalue weighted by Gasteiger charge is -2.08. The van der Waals surface area contributed by atoms with Crippen LogP contribution in [0.1, 0.15) is 13.8 Å². The Hall–Kier alpha value is -2.54. The summed E-state index contributed by atoms with van der Waals surface area (Å²) < 4.78 is 5.34. The van der Waals surface area contributed by atoms with Gasteiger partial charge in [-0.2, -0.15) is 0 Å². The van der Waals surface area contributed by atoms with Crippen molar-refractivity contribution in [3.63, 3.8) is 0 Å². The van der Waals surface area contributed by atoms with Gasteiger partial charge in [-0.25, -0.2) is 0 Å². The van der Waals surface area contributed by atoms with E-state index in [0.29, 0.717) is 6.61 Å². The first-order chi connectivity index (χ1) is 11.0. The number of anilines is 1. The average Bonchev–Trinajstić information content (AvgIpc) is 2.49. The summed E-state index contributed by atoms with van der Waals surface area (Å²) in [5, 5.41) is 13.7. The maximum atomic E-state index is 11.0. The number of amides is 1. The Labute approximate surface area is 138 Å². The number of ether oxygens (including phenoxy) is 1. The van der Waals surface area contributed by atoms with Crippen molar-refractivity contribution in [3.8, 4) is 5.75 Å². The number of nitro benzene ring substituents is 1. The number of hydrogen-bond donors (Lipinski definition) is 1. The van der Waals surface area contributed by atoms with Crippen LogP contribution >= 0.6 is 11.8 Å². The van der Waals surface area contributed by atoms with Crippen LogP contribution in [0.4, 0.5) is 11.4 Å². The van der Waals surface area contributed by atoms with E-state index in [-0.39, 0.29) is 17.3 Å². The first-order valence-corrected chi connectivity index (χ1v) is 7.78. The third kappa shape index (κ3) is 4.72. The van der Waals surface area contributed by atoms with Crippen molar-refractivity contribution in [1.82, 2.24) is 0 Å². The topological polar surface area (TPSA) is 81.5 Å². The molecule has 0 unspecified atom stereocenters. The predicted octanol–water partition coefficient (Wildman–Crippen LogP) is 4.10. The molecule has 0 aromatic heterocycles. The van der Waals surface area contributed by atoms with Gasteiger partial charge in [0.1, 0.15) is 0 Å². The Morgan fingerprint density at radius 3 is 2.43 bits per heavy atom. The van der Waals surface area contributed by atoms with Crippen molar-refractivity contribution in [2.24, 2.45) is 0 Å². The molecule has 0 fully saturated rings. The maximum absolute atomic E-state index is 11.0. The Kier molecular flexibility index (Phi) is 5.59. The SMILES string of the molecule is CCOc1cc(Sc2ccc(NC(C)=O)cc2)ccc1[N+](=O)[O-]. The minimum atomic E-state index is -0.457. The molecule has 0 spiro atoms. The molecule has 0 radical (unpaired) electrons. The van der Waals surface area contributed by atoms with Crippen LogP contribution in [0.3, 0.4) is 0 Å². The van der Waals surface area contributed by atoms with Gasteiger partial charge in [0.2, 0.25) is 5.91 Å². The second kappa shape index (κ2) is 7.64. The van der Waals surface area contributed by atoms with Crippen molar-refractivity contribution in [2.45, 2.75) is 23.6 Å². The molecule has 120 valence electrons. The van der Waals surface area contributed by atoms with Crippen LogP contribution in [0.25, 0.3) is 0 Å². The van der Waals surface area contributed by atoms with E-state index in [1.54, 1.807) is 31.2 Å². The number of hydrogen-bond acceptors (Lipinski definition) is 5. The number of nitrogens with zero attached hydrogens (tertiary/aromatic N) is 1. The van der Waals surface area contributed by atoms with Crippen LogP contribution < -0.4 is 10.1 Å². The molecule has 1 amide bonds. The van der Waals surface area contributed by atoms with Crippen LogP contribution in [0.15, 0.2) is 52.3 Å². The van der Waals surface area contributed by atoms with Crippen molar-refractivity contribution in [1.29, 1.82) is 0 Å². The molecule has 0 heterocycles. The fraction of sp³-hybridized carbons (Fsp3) is 0.188. The average molecular weight is 332 g/mol. The largest absolute Gasteiger partial charge is 0.487 e. The minimum Gasteiger partial charge on any atom is -0.487 e. The number of benzene rings is 2. The molecule has 2 aromatic rings. The summed E-state index contributed by atoms with van der Waals surface area (Å²) in [7, 11) is 0. The molecule has 6 nitrogen and oxygen atoms in total. The zero-order valence-electron chi connectivity index (χ0n) is 12.7. The van der Waals surface area contributed by atoms with Crippen molar-refractivity contribution >= 4 is 29.0 Å². The quantitative estimate of drug-likeness (QED) is 0.636. The maximum Gasteiger partial charge on any atom is 0.310 e. The lowest BCUT2D eigenvalue weighted by molar-refractivity contribution is -0.385. The van der Waals surface area contributed by atoms with E-state index in [1.807, 2.05) is 12.1 Å². The second-order valence-corrected chi connectivity index (χ2v) is 5.77. The molecule has 0 atom stereocenters. The predicted molar refractivity (Wildman–Crippen MR) is 89.1 cm³/mol. The highest BCUT2D eigenvalue weighted by Crippen LogP contribution is 2.35. The van der Waals surface area contributed by atoms with E-state index >= 15 is 0 Å². The third-order valence-electron chi connectivity index (χ3n) is 2.84. The summed E-state index contributed by atoms with van der Waals surface area (Å²) >= 11 is 1.46. The Bertz CT molecular complexity index is 717. The third-order valence-corrected chi connectivity index (χ3v) is 3.84. The van der Waals surface area contributed by atoms with Crippen molar-refractivity contribution in [2.75, 3.05) is 11.9 Å². The molecule has 0 aliphatic rings. The summed E-state index contributed by atoms with van der Waals surface area (Å²) in [5.74, 6) is 0.138. The zero-order valence-corrected chi connectivity index (χ0v) is 13.6. The van der Waals surface area contributed by atoms with Crippen molar-refractivity contribution < 1.29 is 14.5 Å². The Balaban J connectivity index is 2.17. The van der Waals surface area contributed by atoms with Crippen LogP contribution in [0.5, 0.6) is 5.75 Å². The van der Waals surface area contributed by atoms with Gasteiger partial charge in [0.15, 0.2) is 5.75 Å². The molecule has 0 saturated heterocycles. The van der Waals surface area contributed by atoms with Gasteiger partial charge in [0, 0.05) is 34.5 Å². The molecule has 0 saturated carbocycles. The van der Waals surface area contributed by atoms with Crippen molar-refractivity contribution in [3.05, 3.63) is 52.6 Å². The molecule has 7 heteroatoms. The second-order valence-electron chi connectivity index (χ2n) is 4.63. The molecule has 0 aliphatic heterocycles. The molecule has 23 heavy (non-hydrogen) atoms. The van der Waals surface area contributed by atoms with Gasteiger partial charge in [-0.05, 0) is 37.3 Å². The Morgan fingerprint density at radius 1 is 1.22 bits per heavy atom. The monoisotopic (exact) mass is 332 g/mol. The number of carbonyl (C=O) groups is 1. The normalized spacial score (nSPS) is 10.2. The van der Waals surface area contributed by atoms with E-state index < -0.39 is 4.92 Å². The highest BCUT2D eigenvalue weighted by atomic mass is 32.2. The molecule has 2 rings (SSSR count). The fourth-order valence-electron chi connectivity index (χ4n) is 1.93. The van der Waals surface area contributed by atoms with Gasteiger partial charge in [0.05, 0.1) is 11.5 Å². The van der Waals surface area contributed by atoms with Gasteiger partial charge in [0.25, 0.3) is 0 Å². The summed E-state index contributed by atoms with van der Waals surface area (Å²) in [6, 6.07) is 12.1. The van der Waals surface area contributed by atoms with Crippen LogP contribution in [-0.2, 0) is 4.79 Å². The Morgan fingerprint density at radius 2 is 1.87 bits per heavy atom. The van der Waals surface area contributed by atoms with E-state index in [4.69, 9.17) is 4.74 Å². The molecule has 2 aromatic carbocycles. The molecular weight excluding hydrogens is 316 g/mol. The molecular formula is C16H16N2O4S. The zero-order chi connectivity index (χ0) is 16.8. The summed E-state index contributed by atoms with van der Waals surface area (Å²) in [6.45, 7) is 3.60. The highest BCUT2D eigenvalue weighted by molar-refractivity contribution is 7.99. The fourth-order valence-corrected chi connectivity index (χ4v) is 2.77. The first-order valence-electron chi connectivity index (χ1n) is 6.96. The molecule has 0 aliphatic carbocycles. The van der Waals surface area contributed by atoms with Gasteiger partial charge in [-0.15, -0.1) is 0 Å². The van der Waals surface area contributed by atoms with E-state index in [0.717, 1.165) is 15.5 Å². The standard InChI is InChI=1S/C16H16N2O4S/c1-3-22-16-10-14(8-9-15(16)18(20)21)23-13-6-4-12(5-7-13)17-11(2)19/h4-10H,3H2,1-2H3,(H,17,19). The minimum absolute atomic E-state index is 0.0443. The lowest BCUT2D eigenvalue weighted by atomic mass is 10.3. The van der Waals surface area contributed by atoms with E-state index in [9.17, 15) is 14.9 Å². The summed E-state index contributed by atoms with van der Waals surface area (Å²) in [6.07, 6.45) is 0.